The summed E-state index contributed by atoms with van der Waals surface area (Å²) in [5, 5.41) is 11.2. The fraction of sp³-hybridized carbons (Fsp3) is 0.294. The summed E-state index contributed by atoms with van der Waals surface area (Å²) in [6.45, 7) is 2.95. The van der Waals surface area contributed by atoms with Crippen LogP contribution in [0.25, 0.3) is 11.0 Å². The van der Waals surface area contributed by atoms with Crippen molar-refractivity contribution in [3.8, 4) is 5.75 Å². The predicted molar refractivity (Wildman–Crippen MR) is 84.8 cm³/mol. The molecule has 114 valence electrons. The zero-order valence-corrected chi connectivity index (χ0v) is 12.7. The number of nitrogens with one attached hydrogen (secondary N) is 1. The molecule has 0 saturated carbocycles. The van der Waals surface area contributed by atoms with Crippen LogP contribution in [0.3, 0.4) is 0 Å². The van der Waals surface area contributed by atoms with Gasteiger partial charge in [0.2, 0.25) is 0 Å². The number of para-hydroxylation sites is 1. The Morgan fingerprint density at radius 2 is 1.95 bits per heavy atom. The molecule has 5 nitrogen and oxygen atoms in total. The SMILES string of the molecule is COc1ccccc1CC(C)NCc1ccc2nonc2c1. The normalized spacial score (nSPS) is 12.5. The first-order chi connectivity index (χ1) is 10.8. The van der Waals surface area contributed by atoms with Crippen LogP contribution in [-0.2, 0) is 13.0 Å². The van der Waals surface area contributed by atoms with Gasteiger partial charge in [-0.1, -0.05) is 24.3 Å². The molecular formula is C17H19N3O2. The molecule has 3 aromatic rings. The number of ether oxygens (including phenoxy) is 1. The van der Waals surface area contributed by atoms with E-state index in [1.807, 2.05) is 36.4 Å². The maximum absolute atomic E-state index is 5.39. The minimum absolute atomic E-state index is 0.336. The van der Waals surface area contributed by atoms with Crippen LogP contribution < -0.4 is 10.1 Å². The largest absolute Gasteiger partial charge is 0.496 e. The highest BCUT2D eigenvalue weighted by Gasteiger charge is 2.08. The van der Waals surface area contributed by atoms with Gasteiger partial charge in [0.25, 0.3) is 0 Å². The Hall–Kier alpha value is -2.40. The number of fused-ring (bicyclic) bond motifs is 1. The van der Waals surface area contributed by atoms with Crippen molar-refractivity contribution in [1.29, 1.82) is 0 Å². The second-order valence-electron chi connectivity index (χ2n) is 5.39. The van der Waals surface area contributed by atoms with E-state index >= 15 is 0 Å². The molecule has 0 aliphatic heterocycles. The average Bonchev–Trinajstić information content (AvgIpc) is 3.01. The molecule has 0 saturated heterocycles. The fourth-order valence-corrected chi connectivity index (χ4v) is 2.50. The highest BCUT2D eigenvalue weighted by Crippen LogP contribution is 2.19. The standard InChI is InChI=1S/C17H19N3O2/c1-12(9-14-5-3-4-6-17(14)21-2)18-11-13-7-8-15-16(10-13)20-22-19-15/h3-8,10,12,18H,9,11H2,1-2H3. The van der Waals surface area contributed by atoms with Crippen LogP contribution in [0.1, 0.15) is 18.1 Å². The highest BCUT2D eigenvalue weighted by molar-refractivity contribution is 5.73. The molecule has 0 bridgehead atoms. The lowest BCUT2D eigenvalue weighted by atomic mass is 10.1. The molecule has 1 N–H and O–H groups in total. The second-order valence-corrected chi connectivity index (χ2v) is 5.39. The van der Waals surface area contributed by atoms with Crippen molar-refractivity contribution in [2.75, 3.05) is 7.11 Å². The number of benzene rings is 2. The third kappa shape index (κ3) is 3.26. The van der Waals surface area contributed by atoms with Crippen molar-refractivity contribution < 1.29 is 9.37 Å². The van der Waals surface area contributed by atoms with Crippen LogP contribution >= 0.6 is 0 Å². The van der Waals surface area contributed by atoms with Crippen LogP contribution in [0.2, 0.25) is 0 Å². The summed E-state index contributed by atoms with van der Waals surface area (Å²) in [5.41, 5.74) is 3.94. The van der Waals surface area contributed by atoms with E-state index in [9.17, 15) is 0 Å². The summed E-state index contributed by atoms with van der Waals surface area (Å²) >= 11 is 0. The van der Waals surface area contributed by atoms with Crippen molar-refractivity contribution >= 4 is 11.0 Å². The van der Waals surface area contributed by atoms with Gasteiger partial charge in [0.1, 0.15) is 16.8 Å². The van der Waals surface area contributed by atoms with E-state index < -0.39 is 0 Å². The second kappa shape index (κ2) is 6.58. The minimum atomic E-state index is 0.336. The number of nitrogens with zero attached hydrogens (tertiary/aromatic N) is 2. The average molecular weight is 297 g/mol. The summed E-state index contributed by atoms with van der Waals surface area (Å²) in [7, 11) is 1.71. The zero-order valence-electron chi connectivity index (χ0n) is 12.7. The molecule has 0 radical (unpaired) electrons. The van der Waals surface area contributed by atoms with Crippen molar-refractivity contribution in [1.82, 2.24) is 15.6 Å². The summed E-state index contributed by atoms with van der Waals surface area (Å²) < 4.78 is 10.1. The first-order valence-electron chi connectivity index (χ1n) is 7.33. The molecule has 1 unspecified atom stereocenters. The Labute approximate surface area is 129 Å². The van der Waals surface area contributed by atoms with Crippen LogP contribution in [0, 0.1) is 0 Å². The Bertz CT molecular complexity index is 754. The number of hydrogen-bond donors (Lipinski definition) is 1. The monoisotopic (exact) mass is 297 g/mol. The molecule has 0 fully saturated rings. The molecule has 1 heterocycles. The molecule has 22 heavy (non-hydrogen) atoms. The molecule has 1 atom stereocenters. The van der Waals surface area contributed by atoms with E-state index in [2.05, 4.69) is 28.6 Å². The van der Waals surface area contributed by atoms with E-state index in [1.54, 1.807) is 7.11 Å². The molecule has 1 aromatic heterocycles. The van der Waals surface area contributed by atoms with Crippen molar-refractivity contribution in [3.05, 3.63) is 53.6 Å². The maximum Gasteiger partial charge on any atom is 0.135 e. The topological polar surface area (TPSA) is 60.2 Å². The first-order valence-corrected chi connectivity index (χ1v) is 7.33. The molecule has 2 aromatic carbocycles. The van der Waals surface area contributed by atoms with E-state index in [4.69, 9.17) is 9.37 Å². The van der Waals surface area contributed by atoms with Gasteiger partial charge in [0, 0.05) is 12.6 Å². The van der Waals surface area contributed by atoms with Gasteiger partial charge in [0.05, 0.1) is 7.11 Å². The fourth-order valence-electron chi connectivity index (χ4n) is 2.50. The van der Waals surface area contributed by atoms with Gasteiger partial charge >= 0.3 is 0 Å². The molecular weight excluding hydrogens is 278 g/mol. The van der Waals surface area contributed by atoms with Gasteiger partial charge in [-0.2, -0.15) is 0 Å². The first kappa shape index (κ1) is 14.5. The van der Waals surface area contributed by atoms with Crippen molar-refractivity contribution in [3.63, 3.8) is 0 Å². The van der Waals surface area contributed by atoms with Crippen LogP contribution in [0.5, 0.6) is 5.75 Å². The van der Waals surface area contributed by atoms with Gasteiger partial charge in [-0.15, -0.1) is 0 Å². The quantitative estimate of drug-likeness (QED) is 0.758. The lowest BCUT2D eigenvalue weighted by molar-refractivity contribution is 0.315. The van der Waals surface area contributed by atoms with Gasteiger partial charge in [0.15, 0.2) is 0 Å². The third-order valence-corrected chi connectivity index (χ3v) is 3.69. The lowest BCUT2D eigenvalue weighted by Crippen LogP contribution is -2.27. The smallest absolute Gasteiger partial charge is 0.135 e. The lowest BCUT2D eigenvalue weighted by Gasteiger charge is -2.16. The van der Waals surface area contributed by atoms with E-state index in [-0.39, 0.29) is 0 Å². The van der Waals surface area contributed by atoms with E-state index in [1.165, 1.54) is 5.56 Å². The maximum atomic E-state index is 5.39. The molecule has 0 aliphatic carbocycles. The molecule has 3 rings (SSSR count). The van der Waals surface area contributed by atoms with Crippen LogP contribution in [0.15, 0.2) is 47.1 Å². The Kier molecular flexibility index (Phi) is 4.34. The van der Waals surface area contributed by atoms with Gasteiger partial charge in [-0.3, -0.25) is 0 Å². The number of aromatic nitrogens is 2. The molecule has 0 amide bonds. The van der Waals surface area contributed by atoms with E-state index in [0.29, 0.717) is 6.04 Å². The minimum Gasteiger partial charge on any atom is -0.496 e. The Morgan fingerprint density at radius 3 is 2.82 bits per heavy atom. The van der Waals surface area contributed by atoms with Crippen molar-refractivity contribution in [2.45, 2.75) is 25.9 Å². The number of hydrogen-bond acceptors (Lipinski definition) is 5. The molecule has 5 heteroatoms. The summed E-state index contributed by atoms with van der Waals surface area (Å²) in [6, 6.07) is 14.4. The van der Waals surface area contributed by atoms with Crippen molar-refractivity contribution in [2.24, 2.45) is 0 Å². The van der Waals surface area contributed by atoms with Gasteiger partial charge < -0.3 is 10.1 Å². The Morgan fingerprint density at radius 1 is 1.14 bits per heavy atom. The van der Waals surface area contributed by atoms with Gasteiger partial charge in [-0.25, -0.2) is 4.63 Å². The highest BCUT2D eigenvalue weighted by atomic mass is 16.6. The van der Waals surface area contributed by atoms with E-state index in [0.717, 1.165) is 35.3 Å². The summed E-state index contributed by atoms with van der Waals surface area (Å²) in [5.74, 6) is 0.936. The summed E-state index contributed by atoms with van der Waals surface area (Å²) in [6.07, 6.45) is 0.914. The molecule has 0 aliphatic rings. The Balaban J connectivity index is 1.60. The third-order valence-electron chi connectivity index (χ3n) is 3.69. The zero-order chi connectivity index (χ0) is 15.4. The number of rotatable bonds is 6. The molecule has 0 spiro atoms. The summed E-state index contributed by atoms with van der Waals surface area (Å²) in [4.78, 5) is 0. The van der Waals surface area contributed by atoms with Gasteiger partial charge in [-0.05, 0) is 53.0 Å². The van der Waals surface area contributed by atoms with Crippen LogP contribution in [0.4, 0.5) is 0 Å². The van der Waals surface area contributed by atoms with Crippen LogP contribution in [-0.4, -0.2) is 23.5 Å². The predicted octanol–water partition coefficient (Wildman–Crippen LogP) is 2.95. The number of methoxy groups -OCH3 is 1.